The summed E-state index contributed by atoms with van der Waals surface area (Å²) in [5, 5.41) is 0. The maximum absolute atomic E-state index is 5.81. The average Bonchev–Trinajstić information content (AvgIpc) is 2.46. The highest BCUT2D eigenvalue weighted by molar-refractivity contribution is 5.64. The van der Waals surface area contributed by atoms with Crippen LogP contribution in [0.3, 0.4) is 0 Å². The van der Waals surface area contributed by atoms with Gasteiger partial charge in [0.2, 0.25) is 0 Å². The average molecular weight is 276 g/mol. The molecule has 0 atom stereocenters. The van der Waals surface area contributed by atoms with E-state index in [1.165, 1.54) is 50.6 Å². The Balaban J connectivity index is 1.72. The third-order valence-corrected chi connectivity index (χ3v) is 3.97. The maximum Gasteiger partial charge on any atom is 0.144 e. The summed E-state index contributed by atoms with van der Waals surface area (Å²) in [6.07, 6.45) is 9.49. The molecule has 3 heteroatoms. The predicted molar refractivity (Wildman–Crippen MR) is 86.6 cm³/mol. The van der Waals surface area contributed by atoms with E-state index >= 15 is 0 Å². The highest BCUT2D eigenvalue weighted by Gasteiger charge is 2.17. The zero-order valence-corrected chi connectivity index (χ0v) is 12.7. The first-order valence-electron chi connectivity index (χ1n) is 8.08. The van der Waals surface area contributed by atoms with Crippen LogP contribution >= 0.6 is 0 Å². The number of fused-ring (bicyclic) bond motifs is 1. The van der Waals surface area contributed by atoms with Gasteiger partial charge in [-0.05, 0) is 18.6 Å². The molecule has 2 N–H and O–H groups in total. The molecule has 0 radical (unpaired) electrons. The quantitative estimate of drug-likeness (QED) is 0.571. The van der Waals surface area contributed by atoms with Crippen LogP contribution in [-0.2, 0) is 0 Å². The first kappa shape index (κ1) is 15.0. The maximum atomic E-state index is 5.81. The fourth-order valence-electron chi connectivity index (χ4n) is 2.79. The van der Waals surface area contributed by atoms with E-state index in [4.69, 9.17) is 10.5 Å². The van der Waals surface area contributed by atoms with Crippen molar-refractivity contribution in [1.29, 1.82) is 0 Å². The van der Waals surface area contributed by atoms with Crippen LogP contribution in [0.1, 0.15) is 51.9 Å². The molecular weight excluding hydrogens is 248 g/mol. The molecule has 1 aromatic carbocycles. The van der Waals surface area contributed by atoms with Gasteiger partial charge in [0.1, 0.15) is 12.4 Å². The smallest absolute Gasteiger partial charge is 0.144 e. The number of hydrogen-bond donors (Lipinski definition) is 1. The molecule has 0 aliphatic carbocycles. The molecule has 1 aliphatic heterocycles. The number of benzene rings is 1. The Morgan fingerprint density at radius 3 is 2.65 bits per heavy atom. The molecule has 0 unspecified atom stereocenters. The van der Waals surface area contributed by atoms with Crippen LogP contribution in [0.15, 0.2) is 18.2 Å². The summed E-state index contributed by atoms with van der Waals surface area (Å²) >= 11 is 0. The molecule has 3 nitrogen and oxygen atoms in total. The summed E-state index contributed by atoms with van der Waals surface area (Å²) in [6.45, 7) is 5.16. The van der Waals surface area contributed by atoms with Gasteiger partial charge >= 0.3 is 0 Å². The van der Waals surface area contributed by atoms with E-state index in [1.807, 2.05) is 12.1 Å². The van der Waals surface area contributed by atoms with E-state index in [1.54, 1.807) is 0 Å². The van der Waals surface area contributed by atoms with Crippen molar-refractivity contribution in [3.05, 3.63) is 18.2 Å². The van der Waals surface area contributed by atoms with Crippen molar-refractivity contribution in [2.75, 3.05) is 30.3 Å². The number of nitrogens with zero attached hydrogens (tertiary/aromatic N) is 1. The molecule has 1 aromatic rings. The SMILES string of the molecule is CCCCCCCCCN1CCOc2cc(N)ccc21. The van der Waals surface area contributed by atoms with E-state index in [2.05, 4.69) is 17.9 Å². The Labute approximate surface area is 123 Å². The molecular formula is C17H28N2O. The van der Waals surface area contributed by atoms with Crippen molar-refractivity contribution in [3.8, 4) is 5.75 Å². The van der Waals surface area contributed by atoms with Gasteiger partial charge in [-0.3, -0.25) is 0 Å². The lowest BCUT2D eigenvalue weighted by atomic mass is 10.1. The summed E-state index contributed by atoms with van der Waals surface area (Å²) in [4.78, 5) is 2.43. The third-order valence-electron chi connectivity index (χ3n) is 3.97. The monoisotopic (exact) mass is 276 g/mol. The second-order valence-electron chi connectivity index (χ2n) is 5.68. The van der Waals surface area contributed by atoms with Gasteiger partial charge < -0.3 is 15.4 Å². The Bertz CT molecular complexity index is 406. The highest BCUT2D eigenvalue weighted by Crippen LogP contribution is 2.33. The van der Waals surface area contributed by atoms with Crippen LogP contribution < -0.4 is 15.4 Å². The molecule has 0 saturated carbocycles. The topological polar surface area (TPSA) is 38.5 Å². The molecule has 0 bridgehead atoms. The van der Waals surface area contributed by atoms with Crippen LogP contribution in [0.5, 0.6) is 5.75 Å². The zero-order chi connectivity index (χ0) is 14.2. The van der Waals surface area contributed by atoms with Crippen LogP contribution in [0.25, 0.3) is 0 Å². The van der Waals surface area contributed by atoms with Crippen molar-refractivity contribution in [1.82, 2.24) is 0 Å². The summed E-state index contributed by atoms with van der Waals surface area (Å²) < 4.78 is 5.68. The van der Waals surface area contributed by atoms with Gasteiger partial charge in [0.05, 0.1) is 12.2 Å². The van der Waals surface area contributed by atoms with Crippen LogP contribution in [0.2, 0.25) is 0 Å². The lowest BCUT2D eigenvalue weighted by Crippen LogP contribution is -2.33. The van der Waals surface area contributed by atoms with Gasteiger partial charge in [0.25, 0.3) is 0 Å². The van der Waals surface area contributed by atoms with Gasteiger partial charge in [-0.1, -0.05) is 45.4 Å². The second kappa shape index (κ2) is 8.03. The fourth-order valence-corrected chi connectivity index (χ4v) is 2.79. The van der Waals surface area contributed by atoms with Crippen molar-refractivity contribution in [3.63, 3.8) is 0 Å². The third kappa shape index (κ3) is 4.32. The van der Waals surface area contributed by atoms with E-state index < -0.39 is 0 Å². The Morgan fingerprint density at radius 2 is 1.85 bits per heavy atom. The first-order chi connectivity index (χ1) is 9.81. The largest absolute Gasteiger partial charge is 0.489 e. The molecule has 0 saturated heterocycles. The molecule has 0 aromatic heterocycles. The molecule has 0 fully saturated rings. The summed E-state index contributed by atoms with van der Waals surface area (Å²) in [5.41, 5.74) is 7.79. The standard InChI is InChI=1S/C17H28N2O/c1-2-3-4-5-6-7-8-11-19-12-13-20-17-14-15(18)9-10-16(17)19/h9-10,14H,2-8,11-13,18H2,1H3. The van der Waals surface area contributed by atoms with Crippen molar-refractivity contribution in [2.24, 2.45) is 0 Å². The van der Waals surface area contributed by atoms with Crippen LogP contribution in [-0.4, -0.2) is 19.7 Å². The van der Waals surface area contributed by atoms with E-state index in [9.17, 15) is 0 Å². The minimum atomic E-state index is 0.771. The minimum absolute atomic E-state index is 0.771. The van der Waals surface area contributed by atoms with E-state index in [0.29, 0.717) is 0 Å². The summed E-state index contributed by atoms with van der Waals surface area (Å²) in [5.74, 6) is 0.944. The first-order valence-corrected chi connectivity index (χ1v) is 8.08. The number of nitrogens with two attached hydrogens (primary N) is 1. The van der Waals surface area contributed by atoms with Gasteiger partial charge in [0.15, 0.2) is 0 Å². The van der Waals surface area contributed by atoms with Crippen molar-refractivity contribution >= 4 is 11.4 Å². The van der Waals surface area contributed by atoms with E-state index in [0.717, 1.165) is 31.1 Å². The number of nitrogen functional groups attached to an aromatic ring is 1. The Morgan fingerprint density at radius 1 is 1.10 bits per heavy atom. The van der Waals surface area contributed by atoms with Crippen molar-refractivity contribution in [2.45, 2.75) is 51.9 Å². The lowest BCUT2D eigenvalue weighted by Gasteiger charge is -2.31. The number of unbranched alkanes of at least 4 members (excludes halogenated alkanes) is 6. The molecule has 2 rings (SSSR count). The number of hydrogen-bond acceptors (Lipinski definition) is 3. The molecule has 112 valence electrons. The fraction of sp³-hybridized carbons (Fsp3) is 0.647. The van der Waals surface area contributed by atoms with E-state index in [-0.39, 0.29) is 0 Å². The van der Waals surface area contributed by atoms with Crippen LogP contribution in [0, 0.1) is 0 Å². The lowest BCUT2D eigenvalue weighted by molar-refractivity contribution is 0.307. The molecule has 1 heterocycles. The van der Waals surface area contributed by atoms with Gasteiger partial charge in [-0.15, -0.1) is 0 Å². The number of ether oxygens (including phenoxy) is 1. The molecule has 0 amide bonds. The summed E-state index contributed by atoms with van der Waals surface area (Å²) in [7, 11) is 0. The van der Waals surface area contributed by atoms with Gasteiger partial charge in [-0.2, -0.15) is 0 Å². The Hall–Kier alpha value is -1.38. The highest BCUT2D eigenvalue weighted by atomic mass is 16.5. The minimum Gasteiger partial charge on any atom is -0.489 e. The second-order valence-corrected chi connectivity index (χ2v) is 5.68. The summed E-state index contributed by atoms with van der Waals surface area (Å²) in [6, 6.07) is 5.99. The normalized spacial score (nSPS) is 13.9. The van der Waals surface area contributed by atoms with Crippen molar-refractivity contribution < 1.29 is 4.74 Å². The predicted octanol–water partition coefficient (Wildman–Crippen LogP) is 4.22. The molecule has 1 aliphatic rings. The zero-order valence-electron chi connectivity index (χ0n) is 12.7. The van der Waals surface area contributed by atoms with Crippen LogP contribution in [0.4, 0.5) is 11.4 Å². The van der Waals surface area contributed by atoms with Gasteiger partial charge in [-0.25, -0.2) is 0 Å². The number of anilines is 2. The number of rotatable bonds is 8. The van der Waals surface area contributed by atoms with Gasteiger partial charge in [0, 0.05) is 18.3 Å². The Kier molecular flexibility index (Phi) is 6.03. The molecule has 0 spiro atoms. The molecule has 20 heavy (non-hydrogen) atoms.